The number of aryl methyl sites for hydroxylation is 3. The normalized spacial score (nSPS) is 23.3. The molecule has 4 nitrogen and oxygen atoms in total. The molecule has 0 spiro atoms. The van der Waals surface area contributed by atoms with Crippen molar-refractivity contribution in [3.63, 3.8) is 0 Å². The highest BCUT2D eigenvalue weighted by molar-refractivity contribution is 5.34. The van der Waals surface area contributed by atoms with E-state index in [0.29, 0.717) is 12.5 Å². The molecule has 3 rings (SSSR count). The van der Waals surface area contributed by atoms with Gasteiger partial charge in [0.1, 0.15) is 5.82 Å². The minimum atomic E-state index is 0.104. The second kappa shape index (κ2) is 5.95. The summed E-state index contributed by atoms with van der Waals surface area (Å²) >= 11 is 0. The van der Waals surface area contributed by atoms with Crippen LogP contribution in [0.5, 0.6) is 0 Å². The van der Waals surface area contributed by atoms with Gasteiger partial charge in [0.15, 0.2) is 0 Å². The van der Waals surface area contributed by atoms with Crippen molar-refractivity contribution in [3.8, 4) is 0 Å². The van der Waals surface area contributed by atoms with Crippen molar-refractivity contribution in [3.05, 3.63) is 64.1 Å². The molecule has 0 aliphatic heterocycles. The molecule has 0 bridgehead atoms. The van der Waals surface area contributed by atoms with Gasteiger partial charge in [-0.1, -0.05) is 35.5 Å². The van der Waals surface area contributed by atoms with E-state index in [2.05, 4.69) is 39.4 Å². The Hall–Kier alpha value is -2.10. The number of nitrogens with zero attached hydrogens (tertiary/aromatic N) is 3. The van der Waals surface area contributed by atoms with Crippen LogP contribution in [0.15, 0.2) is 41.7 Å². The Kier molecular flexibility index (Phi) is 4.01. The first-order valence-corrected chi connectivity index (χ1v) is 7.79. The molecule has 1 saturated carbocycles. The van der Waals surface area contributed by atoms with E-state index in [-0.39, 0.29) is 5.41 Å². The van der Waals surface area contributed by atoms with Gasteiger partial charge >= 0.3 is 0 Å². The molecular weight excluding hydrogens is 274 g/mol. The SMILES string of the molecule is Cc1ncc(CC[C@@]2(c3ccccc3)C[C@H]2CN=O)c(C)n1. The third kappa shape index (κ3) is 2.78. The van der Waals surface area contributed by atoms with E-state index in [1.807, 2.05) is 26.1 Å². The molecule has 1 aliphatic carbocycles. The van der Waals surface area contributed by atoms with Gasteiger partial charge in [-0.25, -0.2) is 9.97 Å². The van der Waals surface area contributed by atoms with Gasteiger partial charge in [0.25, 0.3) is 0 Å². The van der Waals surface area contributed by atoms with Gasteiger partial charge in [-0.2, -0.15) is 4.91 Å². The van der Waals surface area contributed by atoms with Crippen molar-refractivity contribution in [1.29, 1.82) is 0 Å². The third-order valence-electron chi connectivity index (χ3n) is 4.92. The summed E-state index contributed by atoms with van der Waals surface area (Å²) in [7, 11) is 0. The minimum Gasteiger partial charge on any atom is -0.241 e. The zero-order valence-electron chi connectivity index (χ0n) is 13.1. The molecule has 1 aliphatic rings. The van der Waals surface area contributed by atoms with Gasteiger partial charge in [0.05, 0.1) is 6.54 Å². The maximum Gasteiger partial charge on any atom is 0.125 e. The fourth-order valence-corrected chi connectivity index (χ4v) is 3.50. The predicted octanol–water partition coefficient (Wildman–Crippen LogP) is 3.75. The smallest absolute Gasteiger partial charge is 0.125 e. The second-order valence-electron chi connectivity index (χ2n) is 6.26. The largest absolute Gasteiger partial charge is 0.241 e. The second-order valence-corrected chi connectivity index (χ2v) is 6.26. The fraction of sp³-hybridized carbons (Fsp3) is 0.444. The van der Waals surface area contributed by atoms with Crippen LogP contribution in [-0.4, -0.2) is 16.5 Å². The lowest BCUT2D eigenvalue weighted by Gasteiger charge is -2.18. The monoisotopic (exact) mass is 295 g/mol. The molecule has 0 saturated heterocycles. The van der Waals surface area contributed by atoms with Crippen molar-refractivity contribution in [1.82, 2.24) is 9.97 Å². The van der Waals surface area contributed by atoms with Crippen LogP contribution in [0.4, 0.5) is 0 Å². The van der Waals surface area contributed by atoms with Crippen LogP contribution >= 0.6 is 0 Å². The summed E-state index contributed by atoms with van der Waals surface area (Å²) < 4.78 is 0. The molecular formula is C18H21N3O. The summed E-state index contributed by atoms with van der Waals surface area (Å²) in [5, 5.41) is 3.13. The van der Waals surface area contributed by atoms with Gasteiger partial charge in [0.2, 0.25) is 0 Å². The van der Waals surface area contributed by atoms with Crippen LogP contribution in [0, 0.1) is 24.7 Å². The summed E-state index contributed by atoms with van der Waals surface area (Å²) in [4.78, 5) is 19.4. The quantitative estimate of drug-likeness (QED) is 0.763. The number of rotatable bonds is 6. The van der Waals surface area contributed by atoms with Gasteiger partial charge < -0.3 is 0 Å². The van der Waals surface area contributed by atoms with E-state index in [4.69, 9.17) is 0 Å². The van der Waals surface area contributed by atoms with Crippen molar-refractivity contribution < 1.29 is 0 Å². The molecule has 0 amide bonds. The van der Waals surface area contributed by atoms with Crippen LogP contribution < -0.4 is 0 Å². The number of hydrogen-bond donors (Lipinski definition) is 0. The highest BCUT2D eigenvalue weighted by Gasteiger charge is 2.54. The molecule has 1 heterocycles. The van der Waals surface area contributed by atoms with E-state index in [9.17, 15) is 4.91 Å². The molecule has 2 atom stereocenters. The van der Waals surface area contributed by atoms with Crippen molar-refractivity contribution >= 4 is 0 Å². The molecule has 114 valence electrons. The van der Waals surface area contributed by atoms with E-state index >= 15 is 0 Å². The molecule has 0 radical (unpaired) electrons. The molecule has 1 aromatic carbocycles. The summed E-state index contributed by atoms with van der Waals surface area (Å²) in [6, 6.07) is 10.5. The van der Waals surface area contributed by atoms with Crippen molar-refractivity contribution in [2.45, 2.75) is 38.5 Å². The lowest BCUT2D eigenvalue weighted by atomic mass is 9.87. The first-order valence-electron chi connectivity index (χ1n) is 7.79. The lowest BCUT2D eigenvalue weighted by molar-refractivity contribution is 0.554. The predicted molar refractivity (Wildman–Crippen MR) is 86.7 cm³/mol. The first kappa shape index (κ1) is 14.8. The highest BCUT2D eigenvalue weighted by atomic mass is 16.3. The molecule has 0 N–H and O–H groups in total. The Morgan fingerprint density at radius 3 is 2.73 bits per heavy atom. The van der Waals surface area contributed by atoms with Gasteiger partial charge in [-0.05, 0) is 50.2 Å². The Balaban J connectivity index is 1.79. The van der Waals surface area contributed by atoms with Crippen LogP contribution in [0.25, 0.3) is 0 Å². The topological polar surface area (TPSA) is 55.2 Å². The Morgan fingerprint density at radius 1 is 1.27 bits per heavy atom. The standard InChI is InChI=1S/C18H21N3O/c1-13-15(11-19-14(2)21-13)8-9-18(10-17(18)12-20-22)16-6-4-3-5-7-16/h3-7,11,17H,8-10,12H2,1-2H3/t17-,18-/m0/s1. The average Bonchev–Trinajstić information content (AvgIpc) is 3.22. The number of nitroso groups, excluding NO2 is 1. The molecule has 22 heavy (non-hydrogen) atoms. The van der Waals surface area contributed by atoms with Crippen LogP contribution in [0.1, 0.15) is 35.5 Å². The van der Waals surface area contributed by atoms with Gasteiger partial charge in [-0.3, -0.25) is 0 Å². The molecule has 0 unspecified atom stereocenters. The van der Waals surface area contributed by atoms with E-state index in [1.54, 1.807) is 0 Å². The third-order valence-corrected chi connectivity index (χ3v) is 4.92. The average molecular weight is 295 g/mol. The number of aromatic nitrogens is 2. The number of hydrogen-bond acceptors (Lipinski definition) is 4. The summed E-state index contributed by atoms with van der Waals surface area (Å²) in [5.41, 5.74) is 3.69. The van der Waals surface area contributed by atoms with E-state index in [1.165, 1.54) is 11.1 Å². The van der Waals surface area contributed by atoms with Crippen LogP contribution in [0.3, 0.4) is 0 Å². The van der Waals surface area contributed by atoms with Crippen molar-refractivity contribution in [2.75, 3.05) is 6.54 Å². The maximum atomic E-state index is 10.7. The van der Waals surface area contributed by atoms with E-state index < -0.39 is 0 Å². The summed E-state index contributed by atoms with van der Waals surface area (Å²) in [5.74, 6) is 1.19. The zero-order valence-corrected chi connectivity index (χ0v) is 13.1. The Bertz CT molecular complexity index is 671. The number of benzene rings is 1. The summed E-state index contributed by atoms with van der Waals surface area (Å²) in [6.07, 6.45) is 4.95. The first-order chi connectivity index (χ1) is 10.7. The molecule has 1 fully saturated rings. The fourth-order valence-electron chi connectivity index (χ4n) is 3.50. The molecule has 2 aromatic rings. The van der Waals surface area contributed by atoms with Crippen LogP contribution in [-0.2, 0) is 11.8 Å². The summed E-state index contributed by atoms with van der Waals surface area (Å²) in [6.45, 7) is 4.36. The lowest BCUT2D eigenvalue weighted by Crippen LogP contribution is -2.14. The molecule has 1 aromatic heterocycles. The maximum absolute atomic E-state index is 10.7. The zero-order chi connectivity index (χ0) is 15.6. The molecule has 4 heteroatoms. The van der Waals surface area contributed by atoms with E-state index in [0.717, 1.165) is 30.8 Å². The van der Waals surface area contributed by atoms with Crippen LogP contribution in [0.2, 0.25) is 0 Å². The highest BCUT2D eigenvalue weighted by Crippen LogP contribution is 2.57. The van der Waals surface area contributed by atoms with Gasteiger partial charge in [-0.15, -0.1) is 0 Å². The minimum absolute atomic E-state index is 0.104. The Labute approximate surface area is 131 Å². The van der Waals surface area contributed by atoms with Gasteiger partial charge in [0, 0.05) is 17.3 Å². The Morgan fingerprint density at radius 2 is 2.05 bits per heavy atom. The van der Waals surface area contributed by atoms with Crippen molar-refractivity contribution in [2.24, 2.45) is 11.1 Å².